The Morgan fingerprint density at radius 3 is 2.29 bits per heavy atom. The topological polar surface area (TPSA) is 35.2 Å². The Balaban J connectivity index is 2.31. The van der Waals surface area contributed by atoms with Crippen molar-refractivity contribution in [1.29, 1.82) is 0 Å². The van der Waals surface area contributed by atoms with Gasteiger partial charge in [-0.1, -0.05) is 42.5 Å². The third-order valence-electron chi connectivity index (χ3n) is 3.02. The van der Waals surface area contributed by atoms with E-state index in [0.29, 0.717) is 24.9 Å². The normalized spacial score (nSPS) is 11.4. The zero-order chi connectivity index (χ0) is 15.3. The SMILES string of the molecule is NCCc1ccc(OC(F)(F)F)c(Cc2ccccc2)c1. The number of hydrogen-bond donors (Lipinski definition) is 1. The molecule has 0 spiro atoms. The Hall–Kier alpha value is -2.01. The summed E-state index contributed by atoms with van der Waals surface area (Å²) >= 11 is 0. The number of nitrogens with two attached hydrogens (primary N) is 1. The quantitative estimate of drug-likeness (QED) is 0.913. The van der Waals surface area contributed by atoms with Gasteiger partial charge >= 0.3 is 6.36 Å². The van der Waals surface area contributed by atoms with Crippen molar-refractivity contribution in [2.24, 2.45) is 5.73 Å². The Morgan fingerprint density at radius 2 is 1.67 bits per heavy atom. The lowest BCUT2D eigenvalue weighted by molar-refractivity contribution is -0.274. The van der Waals surface area contributed by atoms with Crippen LogP contribution in [0, 0.1) is 0 Å². The Labute approximate surface area is 121 Å². The molecule has 2 rings (SSSR count). The van der Waals surface area contributed by atoms with Gasteiger partial charge in [-0.3, -0.25) is 0 Å². The van der Waals surface area contributed by atoms with E-state index in [2.05, 4.69) is 4.74 Å². The van der Waals surface area contributed by atoms with Gasteiger partial charge in [0.1, 0.15) is 5.75 Å². The number of halogens is 3. The van der Waals surface area contributed by atoms with Crippen molar-refractivity contribution in [3.63, 3.8) is 0 Å². The lowest BCUT2D eigenvalue weighted by atomic mass is 10.0. The fourth-order valence-corrected chi connectivity index (χ4v) is 2.13. The lowest BCUT2D eigenvalue weighted by Crippen LogP contribution is -2.18. The summed E-state index contributed by atoms with van der Waals surface area (Å²) in [5.74, 6) is -0.160. The average Bonchev–Trinajstić information content (AvgIpc) is 2.42. The van der Waals surface area contributed by atoms with Crippen LogP contribution in [-0.2, 0) is 12.8 Å². The molecule has 0 unspecified atom stereocenters. The van der Waals surface area contributed by atoms with E-state index in [-0.39, 0.29) is 5.75 Å². The number of rotatable bonds is 5. The maximum atomic E-state index is 12.5. The van der Waals surface area contributed by atoms with Crippen LogP contribution in [0.3, 0.4) is 0 Å². The Kier molecular flexibility index (Phi) is 4.85. The fraction of sp³-hybridized carbons (Fsp3) is 0.250. The van der Waals surface area contributed by atoms with Gasteiger partial charge in [0, 0.05) is 6.42 Å². The summed E-state index contributed by atoms with van der Waals surface area (Å²) in [5.41, 5.74) is 7.82. The first-order valence-corrected chi connectivity index (χ1v) is 6.59. The molecule has 2 nitrogen and oxygen atoms in total. The predicted octanol–water partition coefficient (Wildman–Crippen LogP) is 3.68. The van der Waals surface area contributed by atoms with Crippen LogP contribution in [0.15, 0.2) is 48.5 Å². The summed E-state index contributed by atoms with van der Waals surface area (Å²) in [6.45, 7) is 0.449. The Bertz CT molecular complexity index is 582. The first-order chi connectivity index (χ1) is 9.98. The summed E-state index contributed by atoms with van der Waals surface area (Å²) in [7, 11) is 0. The third kappa shape index (κ3) is 4.79. The maximum absolute atomic E-state index is 12.5. The molecule has 5 heteroatoms. The molecule has 0 amide bonds. The molecule has 0 aromatic heterocycles. The van der Waals surface area contributed by atoms with Crippen molar-refractivity contribution in [3.8, 4) is 5.75 Å². The van der Waals surface area contributed by atoms with E-state index in [9.17, 15) is 13.2 Å². The summed E-state index contributed by atoms with van der Waals surface area (Å²) in [4.78, 5) is 0. The van der Waals surface area contributed by atoms with E-state index >= 15 is 0 Å². The molecule has 2 aromatic rings. The zero-order valence-electron chi connectivity index (χ0n) is 11.4. The second-order valence-electron chi connectivity index (χ2n) is 4.69. The molecule has 2 aromatic carbocycles. The molecule has 21 heavy (non-hydrogen) atoms. The molecule has 0 bridgehead atoms. The van der Waals surface area contributed by atoms with Crippen molar-refractivity contribution in [2.45, 2.75) is 19.2 Å². The van der Waals surface area contributed by atoms with Crippen LogP contribution in [0.2, 0.25) is 0 Å². The van der Waals surface area contributed by atoms with E-state index in [1.165, 1.54) is 6.07 Å². The summed E-state index contributed by atoms with van der Waals surface area (Å²) in [6, 6.07) is 14.0. The maximum Gasteiger partial charge on any atom is 0.573 e. The smallest absolute Gasteiger partial charge is 0.405 e. The summed E-state index contributed by atoms with van der Waals surface area (Å²) in [6.07, 6.45) is -3.69. The standard InChI is InChI=1S/C16H16F3NO/c17-16(18,19)21-15-7-6-13(8-9-20)11-14(15)10-12-4-2-1-3-5-12/h1-7,11H,8-10,20H2. The van der Waals surface area contributed by atoms with Gasteiger partial charge in [-0.05, 0) is 35.7 Å². The molecule has 0 aliphatic heterocycles. The molecular formula is C16H16F3NO. The van der Waals surface area contributed by atoms with Gasteiger partial charge < -0.3 is 10.5 Å². The second kappa shape index (κ2) is 6.63. The van der Waals surface area contributed by atoms with Crippen LogP contribution in [0.25, 0.3) is 0 Å². The van der Waals surface area contributed by atoms with Gasteiger partial charge in [-0.15, -0.1) is 13.2 Å². The van der Waals surface area contributed by atoms with Crippen LogP contribution in [-0.4, -0.2) is 12.9 Å². The third-order valence-corrected chi connectivity index (χ3v) is 3.02. The van der Waals surface area contributed by atoms with Gasteiger partial charge in [0.2, 0.25) is 0 Å². The van der Waals surface area contributed by atoms with E-state index in [1.807, 2.05) is 30.3 Å². The highest BCUT2D eigenvalue weighted by Gasteiger charge is 2.32. The number of alkyl halides is 3. The molecule has 0 aliphatic rings. The van der Waals surface area contributed by atoms with E-state index in [0.717, 1.165) is 11.1 Å². The highest BCUT2D eigenvalue weighted by atomic mass is 19.4. The van der Waals surface area contributed by atoms with Crippen LogP contribution in [0.1, 0.15) is 16.7 Å². The minimum atomic E-state index is -4.69. The second-order valence-corrected chi connectivity index (χ2v) is 4.69. The molecule has 0 saturated heterocycles. The predicted molar refractivity (Wildman–Crippen MR) is 75.1 cm³/mol. The van der Waals surface area contributed by atoms with Gasteiger partial charge in [0.25, 0.3) is 0 Å². The van der Waals surface area contributed by atoms with E-state index in [1.54, 1.807) is 12.1 Å². The first-order valence-electron chi connectivity index (χ1n) is 6.59. The highest BCUT2D eigenvalue weighted by molar-refractivity contribution is 5.41. The van der Waals surface area contributed by atoms with Crippen LogP contribution >= 0.6 is 0 Å². The molecule has 0 fully saturated rings. The fourth-order valence-electron chi connectivity index (χ4n) is 2.13. The minimum absolute atomic E-state index is 0.160. The van der Waals surface area contributed by atoms with Crippen molar-refractivity contribution < 1.29 is 17.9 Å². The zero-order valence-corrected chi connectivity index (χ0v) is 11.4. The molecule has 0 atom stereocenters. The molecule has 0 saturated carbocycles. The Morgan fingerprint density at radius 1 is 0.952 bits per heavy atom. The summed E-state index contributed by atoms with van der Waals surface area (Å²) < 4.78 is 41.5. The number of ether oxygens (including phenoxy) is 1. The van der Waals surface area contributed by atoms with Crippen molar-refractivity contribution in [3.05, 3.63) is 65.2 Å². The highest BCUT2D eigenvalue weighted by Crippen LogP contribution is 2.29. The lowest BCUT2D eigenvalue weighted by Gasteiger charge is -2.14. The van der Waals surface area contributed by atoms with Crippen LogP contribution in [0.5, 0.6) is 5.75 Å². The largest absolute Gasteiger partial charge is 0.573 e. The molecule has 0 radical (unpaired) electrons. The molecule has 112 valence electrons. The van der Waals surface area contributed by atoms with E-state index < -0.39 is 6.36 Å². The molecular weight excluding hydrogens is 279 g/mol. The summed E-state index contributed by atoms with van der Waals surface area (Å²) in [5, 5.41) is 0. The van der Waals surface area contributed by atoms with Crippen LogP contribution < -0.4 is 10.5 Å². The van der Waals surface area contributed by atoms with E-state index in [4.69, 9.17) is 5.73 Å². The van der Waals surface area contributed by atoms with Gasteiger partial charge in [-0.25, -0.2) is 0 Å². The van der Waals surface area contributed by atoms with Crippen molar-refractivity contribution in [2.75, 3.05) is 6.54 Å². The monoisotopic (exact) mass is 295 g/mol. The number of benzene rings is 2. The molecule has 0 aliphatic carbocycles. The first kappa shape index (κ1) is 15.4. The molecule has 0 heterocycles. The van der Waals surface area contributed by atoms with Gasteiger partial charge in [-0.2, -0.15) is 0 Å². The van der Waals surface area contributed by atoms with Crippen LogP contribution in [0.4, 0.5) is 13.2 Å². The minimum Gasteiger partial charge on any atom is -0.405 e. The van der Waals surface area contributed by atoms with Crippen molar-refractivity contribution in [1.82, 2.24) is 0 Å². The molecule has 2 N–H and O–H groups in total. The van der Waals surface area contributed by atoms with Gasteiger partial charge in [0.05, 0.1) is 0 Å². The van der Waals surface area contributed by atoms with Crippen molar-refractivity contribution >= 4 is 0 Å². The van der Waals surface area contributed by atoms with Gasteiger partial charge in [0.15, 0.2) is 0 Å². The number of hydrogen-bond acceptors (Lipinski definition) is 2. The average molecular weight is 295 g/mol.